The fourth-order valence-corrected chi connectivity index (χ4v) is 2.08. The molecule has 1 aliphatic rings. The first-order valence-corrected chi connectivity index (χ1v) is 5.99. The Kier molecular flexibility index (Phi) is 2.98. The van der Waals surface area contributed by atoms with E-state index >= 15 is 0 Å². The Morgan fingerprint density at radius 3 is 2.93 bits per heavy atom. The predicted molar refractivity (Wildman–Crippen MR) is 62.8 cm³/mol. The van der Waals surface area contributed by atoms with Crippen LogP contribution in [-0.4, -0.2) is 17.4 Å². The highest BCUT2D eigenvalue weighted by Gasteiger charge is 2.41. The summed E-state index contributed by atoms with van der Waals surface area (Å²) < 4.78 is 1.00. The van der Waals surface area contributed by atoms with Gasteiger partial charge in [-0.3, -0.25) is 0 Å². The summed E-state index contributed by atoms with van der Waals surface area (Å²) in [4.78, 5) is 4.24. The summed E-state index contributed by atoms with van der Waals surface area (Å²) in [6.45, 7) is 0.923. The molecule has 0 aromatic carbocycles. The lowest BCUT2D eigenvalue weighted by molar-refractivity contribution is 0.617. The van der Waals surface area contributed by atoms with Crippen molar-refractivity contribution in [3.8, 4) is 0 Å². The standard InChI is InChI=1S/C10H12BrClN2/c11-8-2-1-5-13-9(8)14-7-10(6-12)3-4-10/h1-2,5H,3-4,6-7H2,(H,13,14). The topological polar surface area (TPSA) is 24.9 Å². The van der Waals surface area contributed by atoms with Crippen molar-refractivity contribution >= 4 is 33.3 Å². The van der Waals surface area contributed by atoms with Crippen molar-refractivity contribution in [3.05, 3.63) is 22.8 Å². The molecule has 1 N–H and O–H groups in total. The molecule has 1 aromatic rings. The van der Waals surface area contributed by atoms with E-state index in [9.17, 15) is 0 Å². The molecule has 1 saturated carbocycles. The van der Waals surface area contributed by atoms with Crippen LogP contribution in [0.4, 0.5) is 5.82 Å². The summed E-state index contributed by atoms with van der Waals surface area (Å²) in [5.41, 5.74) is 0.332. The van der Waals surface area contributed by atoms with Crippen LogP contribution in [0.15, 0.2) is 22.8 Å². The fourth-order valence-electron chi connectivity index (χ4n) is 1.32. The molecule has 14 heavy (non-hydrogen) atoms. The van der Waals surface area contributed by atoms with Gasteiger partial charge in [-0.25, -0.2) is 4.98 Å². The largest absolute Gasteiger partial charge is 0.369 e. The van der Waals surface area contributed by atoms with Crippen molar-refractivity contribution < 1.29 is 0 Å². The Balaban J connectivity index is 1.95. The van der Waals surface area contributed by atoms with E-state index in [2.05, 4.69) is 26.2 Å². The molecule has 76 valence electrons. The zero-order valence-corrected chi connectivity index (χ0v) is 10.1. The SMILES string of the molecule is ClCC1(CNc2ncccc2Br)CC1. The van der Waals surface area contributed by atoms with Gasteiger partial charge in [0, 0.05) is 24.0 Å². The van der Waals surface area contributed by atoms with Gasteiger partial charge in [0.25, 0.3) is 0 Å². The quantitative estimate of drug-likeness (QED) is 0.853. The molecule has 0 unspecified atom stereocenters. The average molecular weight is 276 g/mol. The third-order valence-corrected chi connectivity index (χ3v) is 3.84. The normalized spacial score (nSPS) is 17.9. The number of hydrogen-bond acceptors (Lipinski definition) is 2. The first kappa shape index (κ1) is 10.2. The number of hydrogen-bond donors (Lipinski definition) is 1. The highest BCUT2D eigenvalue weighted by atomic mass is 79.9. The number of nitrogens with one attached hydrogen (secondary N) is 1. The second kappa shape index (κ2) is 4.07. The minimum absolute atomic E-state index is 0.332. The molecule has 0 spiro atoms. The summed E-state index contributed by atoms with van der Waals surface area (Å²) in [6.07, 6.45) is 4.25. The second-order valence-electron chi connectivity index (χ2n) is 3.82. The molecular formula is C10H12BrClN2. The van der Waals surface area contributed by atoms with Gasteiger partial charge < -0.3 is 5.32 Å². The highest BCUT2D eigenvalue weighted by molar-refractivity contribution is 9.10. The van der Waals surface area contributed by atoms with Gasteiger partial charge in [0.1, 0.15) is 5.82 Å². The Labute approximate surface area is 97.2 Å². The molecule has 0 radical (unpaired) electrons. The van der Waals surface area contributed by atoms with Crippen LogP contribution in [0.2, 0.25) is 0 Å². The number of aromatic nitrogens is 1. The molecule has 2 nitrogen and oxygen atoms in total. The third-order valence-electron chi connectivity index (χ3n) is 2.63. The molecule has 1 aromatic heterocycles. The summed E-state index contributed by atoms with van der Waals surface area (Å²) in [7, 11) is 0. The Morgan fingerprint density at radius 2 is 2.36 bits per heavy atom. The van der Waals surface area contributed by atoms with Gasteiger partial charge in [0.05, 0.1) is 4.47 Å². The monoisotopic (exact) mass is 274 g/mol. The molecule has 0 saturated heterocycles. The van der Waals surface area contributed by atoms with E-state index in [0.717, 1.165) is 22.7 Å². The summed E-state index contributed by atoms with van der Waals surface area (Å²) in [6, 6.07) is 3.89. The van der Waals surface area contributed by atoms with Gasteiger partial charge in [-0.2, -0.15) is 0 Å². The molecule has 0 aliphatic heterocycles. The minimum atomic E-state index is 0.332. The number of rotatable bonds is 4. The van der Waals surface area contributed by atoms with E-state index < -0.39 is 0 Å². The summed E-state index contributed by atoms with van der Waals surface area (Å²) >= 11 is 9.34. The van der Waals surface area contributed by atoms with Crippen molar-refractivity contribution in [1.29, 1.82) is 0 Å². The number of alkyl halides is 1. The maximum atomic E-state index is 5.89. The number of anilines is 1. The van der Waals surface area contributed by atoms with E-state index in [1.54, 1.807) is 6.20 Å². The van der Waals surface area contributed by atoms with Crippen LogP contribution in [0.5, 0.6) is 0 Å². The first-order chi connectivity index (χ1) is 6.76. The lowest BCUT2D eigenvalue weighted by Gasteiger charge is -2.13. The molecule has 0 amide bonds. The zero-order chi connectivity index (χ0) is 10.0. The van der Waals surface area contributed by atoms with Crippen molar-refractivity contribution in [3.63, 3.8) is 0 Å². The van der Waals surface area contributed by atoms with Crippen LogP contribution in [-0.2, 0) is 0 Å². The minimum Gasteiger partial charge on any atom is -0.369 e. The van der Waals surface area contributed by atoms with Crippen LogP contribution >= 0.6 is 27.5 Å². The zero-order valence-electron chi connectivity index (χ0n) is 7.76. The molecule has 2 rings (SSSR count). The summed E-state index contributed by atoms with van der Waals surface area (Å²) in [5, 5.41) is 3.32. The van der Waals surface area contributed by atoms with Crippen molar-refractivity contribution in [2.45, 2.75) is 12.8 Å². The summed E-state index contributed by atoms with van der Waals surface area (Å²) in [5.74, 6) is 1.65. The Hall–Kier alpha value is -0.280. The molecule has 1 fully saturated rings. The van der Waals surface area contributed by atoms with Gasteiger partial charge >= 0.3 is 0 Å². The van der Waals surface area contributed by atoms with E-state index in [-0.39, 0.29) is 0 Å². The van der Waals surface area contributed by atoms with Crippen molar-refractivity contribution in [2.24, 2.45) is 5.41 Å². The maximum Gasteiger partial charge on any atom is 0.140 e. The van der Waals surface area contributed by atoms with Crippen LogP contribution in [0.25, 0.3) is 0 Å². The van der Waals surface area contributed by atoms with Crippen molar-refractivity contribution in [2.75, 3.05) is 17.7 Å². The predicted octanol–water partition coefficient (Wildman–Crippen LogP) is 3.28. The van der Waals surface area contributed by atoms with Gasteiger partial charge in [0.2, 0.25) is 0 Å². The van der Waals surface area contributed by atoms with E-state index in [1.165, 1.54) is 12.8 Å². The molecule has 0 bridgehead atoms. The van der Waals surface area contributed by atoms with Crippen LogP contribution < -0.4 is 5.32 Å². The van der Waals surface area contributed by atoms with Gasteiger partial charge in [-0.05, 0) is 40.9 Å². The molecule has 1 aliphatic carbocycles. The Bertz CT molecular complexity index is 326. The second-order valence-corrected chi connectivity index (χ2v) is 4.94. The van der Waals surface area contributed by atoms with Crippen LogP contribution in [0.3, 0.4) is 0 Å². The lowest BCUT2D eigenvalue weighted by Crippen LogP contribution is -2.17. The average Bonchev–Trinajstić information content (AvgIpc) is 2.98. The highest BCUT2D eigenvalue weighted by Crippen LogP contribution is 2.46. The molecule has 1 heterocycles. The van der Waals surface area contributed by atoms with E-state index in [1.807, 2.05) is 12.1 Å². The van der Waals surface area contributed by atoms with Gasteiger partial charge in [-0.1, -0.05) is 0 Å². The third kappa shape index (κ3) is 2.20. The first-order valence-electron chi connectivity index (χ1n) is 4.66. The number of halogens is 2. The smallest absolute Gasteiger partial charge is 0.140 e. The molecular weight excluding hydrogens is 263 g/mol. The van der Waals surface area contributed by atoms with E-state index in [4.69, 9.17) is 11.6 Å². The van der Waals surface area contributed by atoms with Crippen LogP contribution in [0.1, 0.15) is 12.8 Å². The number of nitrogens with zero attached hydrogens (tertiary/aromatic N) is 1. The van der Waals surface area contributed by atoms with E-state index in [0.29, 0.717) is 5.41 Å². The van der Waals surface area contributed by atoms with Crippen molar-refractivity contribution in [1.82, 2.24) is 4.98 Å². The maximum absolute atomic E-state index is 5.89. The lowest BCUT2D eigenvalue weighted by atomic mass is 10.1. The van der Waals surface area contributed by atoms with Gasteiger partial charge in [-0.15, -0.1) is 11.6 Å². The van der Waals surface area contributed by atoms with Gasteiger partial charge in [0.15, 0.2) is 0 Å². The molecule has 0 atom stereocenters. The fraction of sp³-hybridized carbons (Fsp3) is 0.500. The Morgan fingerprint density at radius 1 is 1.57 bits per heavy atom. The molecule has 4 heteroatoms. The van der Waals surface area contributed by atoms with Crippen LogP contribution in [0, 0.1) is 5.41 Å². The number of pyridine rings is 1.